The maximum atomic E-state index is 12.3. The van der Waals surface area contributed by atoms with Crippen LogP contribution in [0.4, 0.5) is 0 Å². The molecule has 0 fully saturated rings. The first kappa shape index (κ1) is 17.3. The van der Waals surface area contributed by atoms with Crippen LogP contribution < -0.4 is 9.47 Å². The van der Waals surface area contributed by atoms with Crippen LogP contribution in [0.1, 0.15) is 23.6 Å². The monoisotopic (exact) mass is 360 g/mol. The van der Waals surface area contributed by atoms with Crippen LogP contribution in [-0.2, 0) is 10.0 Å². The Bertz CT molecular complexity index is 909. The second-order valence-corrected chi connectivity index (χ2v) is 7.62. The highest BCUT2D eigenvalue weighted by atomic mass is 32.2. The van der Waals surface area contributed by atoms with Crippen molar-refractivity contribution >= 4 is 15.7 Å². The Kier molecular flexibility index (Phi) is 4.67. The average Bonchev–Trinajstić information content (AvgIpc) is 3.07. The smallest absolute Gasteiger partial charge is 0.247 e. The number of hydrogen-bond donors (Lipinski definition) is 0. The maximum Gasteiger partial charge on any atom is 0.247 e. The topological polar surface area (TPSA) is 68.2 Å². The van der Waals surface area contributed by atoms with Crippen molar-refractivity contribution < 1.29 is 17.9 Å². The van der Waals surface area contributed by atoms with Gasteiger partial charge in [0.05, 0.1) is 32.2 Å². The lowest BCUT2D eigenvalue weighted by Crippen LogP contribution is -2.26. The Labute approximate surface area is 147 Å². The first-order chi connectivity index (χ1) is 11.9. The predicted octanol–water partition coefficient (Wildman–Crippen LogP) is 2.81. The minimum absolute atomic E-state index is 0.438. The molecule has 0 bridgehead atoms. The van der Waals surface area contributed by atoms with E-state index < -0.39 is 16.1 Å². The Morgan fingerprint density at radius 3 is 2.52 bits per heavy atom. The van der Waals surface area contributed by atoms with Crippen molar-refractivity contribution in [1.29, 1.82) is 0 Å². The van der Waals surface area contributed by atoms with E-state index in [0.717, 1.165) is 17.4 Å². The lowest BCUT2D eigenvalue weighted by Gasteiger charge is -2.23. The number of benzene rings is 2. The number of hydrogen-bond acceptors (Lipinski definition) is 5. The van der Waals surface area contributed by atoms with Crippen molar-refractivity contribution in [2.24, 2.45) is 5.10 Å². The molecule has 2 aromatic rings. The minimum Gasteiger partial charge on any atom is -0.497 e. The molecule has 3 rings (SSSR count). The Morgan fingerprint density at radius 2 is 1.84 bits per heavy atom. The van der Waals surface area contributed by atoms with Crippen LogP contribution in [0.15, 0.2) is 53.6 Å². The first-order valence-corrected chi connectivity index (χ1v) is 9.63. The molecule has 0 aromatic heterocycles. The Hall–Kier alpha value is -2.54. The maximum absolute atomic E-state index is 12.3. The molecule has 1 atom stereocenters. The molecule has 0 radical (unpaired) electrons. The van der Waals surface area contributed by atoms with Gasteiger partial charge in [-0.05, 0) is 18.2 Å². The highest BCUT2D eigenvalue weighted by molar-refractivity contribution is 7.88. The van der Waals surface area contributed by atoms with E-state index in [1.54, 1.807) is 14.2 Å². The summed E-state index contributed by atoms with van der Waals surface area (Å²) in [5.41, 5.74) is 2.32. The number of ether oxygens (including phenoxy) is 2. The van der Waals surface area contributed by atoms with Crippen molar-refractivity contribution in [3.63, 3.8) is 0 Å². The van der Waals surface area contributed by atoms with Crippen molar-refractivity contribution in [2.75, 3.05) is 20.5 Å². The number of hydrazone groups is 1. The van der Waals surface area contributed by atoms with E-state index in [9.17, 15) is 8.42 Å². The highest BCUT2D eigenvalue weighted by Crippen LogP contribution is 2.38. The molecule has 0 N–H and O–H groups in total. The first-order valence-electron chi connectivity index (χ1n) is 7.78. The molecular formula is C18H20N2O4S. The van der Waals surface area contributed by atoms with Gasteiger partial charge in [0.2, 0.25) is 10.0 Å². The van der Waals surface area contributed by atoms with Gasteiger partial charge in [-0.15, -0.1) is 0 Å². The molecule has 0 aliphatic carbocycles. The summed E-state index contributed by atoms with van der Waals surface area (Å²) < 4.78 is 36.4. The van der Waals surface area contributed by atoms with Crippen LogP contribution in [0.25, 0.3) is 0 Å². The van der Waals surface area contributed by atoms with E-state index in [1.165, 1.54) is 4.41 Å². The third kappa shape index (κ3) is 3.46. The fourth-order valence-electron chi connectivity index (χ4n) is 2.94. The number of para-hydroxylation sites is 1. The molecule has 132 valence electrons. The summed E-state index contributed by atoms with van der Waals surface area (Å²) in [5.74, 6) is 1.34. The molecule has 0 saturated heterocycles. The molecular weight excluding hydrogens is 340 g/mol. The molecule has 1 heterocycles. The Balaban J connectivity index is 2.04. The molecule has 0 spiro atoms. The SMILES string of the molecule is COc1cccc(C2=NN(S(C)(=O)=O)[C@H](c3ccccc3OC)C2)c1. The van der Waals surface area contributed by atoms with Gasteiger partial charge in [-0.2, -0.15) is 9.52 Å². The van der Waals surface area contributed by atoms with E-state index in [0.29, 0.717) is 23.6 Å². The van der Waals surface area contributed by atoms with E-state index in [4.69, 9.17) is 9.47 Å². The van der Waals surface area contributed by atoms with Gasteiger partial charge >= 0.3 is 0 Å². The van der Waals surface area contributed by atoms with Gasteiger partial charge in [0.15, 0.2) is 0 Å². The van der Waals surface area contributed by atoms with Crippen LogP contribution in [0.3, 0.4) is 0 Å². The zero-order valence-electron chi connectivity index (χ0n) is 14.3. The third-order valence-electron chi connectivity index (χ3n) is 4.11. The van der Waals surface area contributed by atoms with E-state index >= 15 is 0 Å². The zero-order chi connectivity index (χ0) is 18.0. The van der Waals surface area contributed by atoms with Gasteiger partial charge in [-0.3, -0.25) is 0 Å². The molecule has 1 aliphatic heterocycles. The third-order valence-corrected chi connectivity index (χ3v) is 5.13. The van der Waals surface area contributed by atoms with Crippen molar-refractivity contribution in [3.05, 3.63) is 59.7 Å². The largest absolute Gasteiger partial charge is 0.497 e. The van der Waals surface area contributed by atoms with Crippen LogP contribution >= 0.6 is 0 Å². The number of methoxy groups -OCH3 is 2. The summed E-state index contributed by atoms with van der Waals surface area (Å²) in [6, 6.07) is 14.4. The summed E-state index contributed by atoms with van der Waals surface area (Å²) in [4.78, 5) is 0. The predicted molar refractivity (Wildman–Crippen MR) is 96.6 cm³/mol. The lowest BCUT2D eigenvalue weighted by molar-refractivity contribution is 0.352. The van der Waals surface area contributed by atoms with Crippen LogP contribution in [-0.4, -0.2) is 39.0 Å². The molecule has 1 aliphatic rings. The molecule has 0 unspecified atom stereocenters. The summed E-state index contributed by atoms with van der Waals surface area (Å²) in [5, 5.41) is 4.39. The zero-order valence-corrected chi connectivity index (χ0v) is 15.2. The van der Waals surface area contributed by atoms with Gasteiger partial charge in [-0.25, -0.2) is 8.42 Å². The second kappa shape index (κ2) is 6.76. The van der Waals surface area contributed by atoms with Gasteiger partial charge in [0.1, 0.15) is 11.5 Å². The molecule has 0 amide bonds. The minimum atomic E-state index is -3.52. The molecule has 6 nitrogen and oxygen atoms in total. The van der Waals surface area contributed by atoms with Gasteiger partial charge in [0.25, 0.3) is 0 Å². The summed E-state index contributed by atoms with van der Waals surface area (Å²) in [6.07, 6.45) is 1.62. The standard InChI is InChI=1S/C18H20N2O4S/c1-23-14-8-6-7-13(11-14)16-12-17(20(19-16)25(3,21)22)15-9-4-5-10-18(15)24-2/h4-11,17H,12H2,1-3H3/t17-/m0/s1. The fraction of sp³-hybridized carbons (Fsp3) is 0.278. The second-order valence-electron chi connectivity index (χ2n) is 5.78. The fourth-order valence-corrected chi connectivity index (χ4v) is 3.84. The Morgan fingerprint density at radius 1 is 1.08 bits per heavy atom. The average molecular weight is 360 g/mol. The molecule has 0 saturated carbocycles. The van der Waals surface area contributed by atoms with Crippen LogP contribution in [0, 0.1) is 0 Å². The summed E-state index contributed by atoms with van der Waals surface area (Å²) in [6.45, 7) is 0. The molecule has 7 heteroatoms. The van der Waals surface area contributed by atoms with Crippen LogP contribution in [0.2, 0.25) is 0 Å². The van der Waals surface area contributed by atoms with Crippen LogP contribution in [0.5, 0.6) is 11.5 Å². The summed E-state index contributed by atoms with van der Waals surface area (Å²) in [7, 11) is -0.357. The van der Waals surface area contributed by atoms with E-state index in [-0.39, 0.29) is 0 Å². The van der Waals surface area contributed by atoms with Crippen molar-refractivity contribution in [2.45, 2.75) is 12.5 Å². The van der Waals surface area contributed by atoms with Gasteiger partial charge in [-0.1, -0.05) is 30.3 Å². The van der Waals surface area contributed by atoms with Gasteiger partial charge in [0, 0.05) is 17.5 Å². The number of sulfonamides is 1. The van der Waals surface area contributed by atoms with E-state index in [1.807, 2.05) is 48.5 Å². The number of rotatable bonds is 5. The van der Waals surface area contributed by atoms with Crippen molar-refractivity contribution in [1.82, 2.24) is 4.41 Å². The molecule has 25 heavy (non-hydrogen) atoms. The van der Waals surface area contributed by atoms with Gasteiger partial charge < -0.3 is 9.47 Å². The van der Waals surface area contributed by atoms with Crippen molar-refractivity contribution in [3.8, 4) is 11.5 Å². The number of nitrogens with zero attached hydrogens (tertiary/aromatic N) is 2. The van der Waals surface area contributed by atoms with E-state index in [2.05, 4.69) is 5.10 Å². The summed E-state index contributed by atoms with van der Waals surface area (Å²) >= 11 is 0. The quantitative estimate of drug-likeness (QED) is 0.822. The highest BCUT2D eigenvalue weighted by Gasteiger charge is 2.36. The molecule has 2 aromatic carbocycles. The lowest BCUT2D eigenvalue weighted by atomic mass is 9.98. The normalized spacial score (nSPS) is 17.3.